The first-order chi connectivity index (χ1) is 6.20. The number of fused-ring (bicyclic) bond motifs is 1. The van der Waals surface area contributed by atoms with E-state index in [9.17, 15) is 0 Å². The molecule has 0 unspecified atom stereocenters. The zero-order valence-corrected chi connectivity index (χ0v) is 9.12. The van der Waals surface area contributed by atoms with Crippen molar-refractivity contribution < 1.29 is 0 Å². The molecule has 3 nitrogen and oxygen atoms in total. The van der Waals surface area contributed by atoms with E-state index in [4.69, 9.17) is 0 Å². The summed E-state index contributed by atoms with van der Waals surface area (Å²) in [5, 5.41) is 8.20. The maximum atomic E-state index is 4.11. The number of hydrogen-bond acceptors (Lipinski definition) is 2. The molecule has 68 valence electrons. The molecule has 0 fully saturated rings. The summed E-state index contributed by atoms with van der Waals surface area (Å²) < 4.78 is 2.91. The van der Waals surface area contributed by atoms with Gasteiger partial charge in [0.15, 0.2) is 0 Å². The lowest BCUT2D eigenvalue weighted by Gasteiger charge is -2.04. The fraction of sp³-hybridized carbons (Fsp3) is 0.333. The standard InChI is InChI=1S/C9H10BrN3/c1-6(2)13-8-5-3-4-7(10)9(8)11-12-13/h3-6H,1-2H3. The molecule has 0 amide bonds. The van der Waals surface area contributed by atoms with Gasteiger partial charge in [0.2, 0.25) is 0 Å². The largest absolute Gasteiger partial charge is 0.242 e. The summed E-state index contributed by atoms with van der Waals surface area (Å²) in [7, 11) is 0. The highest BCUT2D eigenvalue weighted by molar-refractivity contribution is 9.10. The van der Waals surface area contributed by atoms with E-state index in [-0.39, 0.29) is 0 Å². The third-order valence-corrected chi connectivity index (χ3v) is 2.58. The Bertz CT molecular complexity index is 433. The molecule has 1 aromatic heterocycles. The SMILES string of the molecule is CC(C)n1nnc2c(Br)cccc21. The second-order valence-electron chi connectivity index (χ2n) is 3.24. The van der Waals surface area contributed by atoms with Crippen molar-refractivity contribution in [2.24, 2.45) is 0 Å². The molecule has 2 rings (SSSR count). The fourth-order valence-corrected chi connectivity index (χ4v) is 1.75. The van der Waals surface area contributed by atoms with Crippen LogP contribution in [0.3, 0.4) is 0 Å². The maximum absolute atomic E-state index is 4.11. The molecule has 0 spiro atoms. The molecule has 13 heavy (non-hydrogen) atoms. The Morgan fingerprint density at radius 3 is 2.85 bits per heavy atom. The van der Waals surface area contributed by atoms with Gasteiger partial charge in [0, 0.05) is 10.5 Å². The first-order valence-corrected chi connectivity index (χ1v) is 4.99. The Morgan fingerprint density at radius 2 is 2.15 bits per heavy atom. The van der Waals surface area contributed by atoms with Crippen LogP contribution in [0.5, 0.6) is 0 Å². The molecule has 2 aromatic rings. The Labute approximate surface area is 84.9 Å². The molecule has 0 N–H and O–H groups in total. The van der Waals surface area contributed by atoms with Crippen molar-refractivity contribution in [3.8, 4) is 0 Å². The average Bonchev–Trinajstić information content (AvgIpc) is 2.48. The van der Waals surface area contributed by atoms with Gasteiger partial charge in [-0.3, -0.25) is 0 Å². The molecule has 0 aliphatic heterocycles. The predicted molar refractivity (Wildman–Crippen MR) is 55.6 cm³/mol. The lowest BCUT2D eigenvalue weighted by atomic mass is 10.3. The lowest BCUT2D eigenvalue weighted by molar-refractivity contribution is 0.530. The van der Waals surface area contributed by atoms with Crippen molar-refractivity contribution in [3.63, 3.8) is 0 Å². The normalized spacial score (nSPS) is 11.4. The predicted octanol–water partition coefficient (Wildman–Crippen LogP) is 2.77. The van der Waals surface area contributed by atoms with Gasteiger partial charge in [-0.05, 0) is 41.9 Å². The number of benzene rings is 1. The van der Waals surface area contributed by atoms with Crippen LogP contribution in [0.25, 0.3) is 11.0 Å². The summed E-state index contributed by atoms with van der Waals surface area (Å²) in [6.07, 6.45) is 0. The van der Waals surface area contributed by atoms with Crippen LogP contribution in [-0.4, -0.2) is 15.0 Å². The third kappa shape index (κ3) is 1.35. The minimum absolute atomic E-state index is 0.347. The van der Waals surface area contributed by atoms with Crippen LogP contribution in [0.15, 0.2) is 22.7 Å². The summed E-state index contributed by atoms with van der Waals surface area (Å²) in [5.74, 6) is 0. The van der Waals surface area contributed by atoms with Crippen molar-refractivity contribution >= 4 is 27.0 Å². The Balaban J connectivity index is 2.75. The molecule has 1 heterocycles. The second-order valence-corrected chi connectivity index (χ2v) is 4.09. The van der Waals surface area contributed by atoms with Crippen LogP contribution in [-0.2, 0) is 0 Å². The van der Waals surface area contributed by atoms with E-state index >= 15 is 0 Å². The monoisotopic (exact) mass is 239 g/mol. The first-order valence-electron chi connectivity index (χ1n) is 4.19. The Kier molecular flexibility index (Phi) is 2.07. The molecular formula is C9H10BrN3. The summed E-state index contributed by atoms with van der Waals surface area (Å²) in [6.45, 7) is 4.18. The van der Waals surface area contributed by atoms with Gasteiger partial charge in [0.25, 0.3) is 0 Å². The van der Waals surface area contributed by atoms with Crippen LogP contribution >= 0.6 is 15.9 Å². The lowest BCUT2D eigenvalue weighted by Crippen LogP contribution is -2.02. The highest BCUT2D eigenvalue weighted by atomic mass is 79.9. The minimum Gasteiger partial charge on any atom is -0.242 e. The Hall–Kier alpha value is -0.900. The third-order valence-electron chi connectivity index (χ3n) is 1.94. The van der Waals surface area contributed by atoms with Crippen molar-refractivity contribution in [1.29, 1.82) is 0 Å². The summed E-state index contributed by atoms with van der Waals surface area (Å²) in [6, 6.07) is 6.34. The fourth-order valence-electron chi connectivity index (χ4n) is 1.31. The summed E-state index contributed by atoms with van der Waals surface area (Å²) in [4.78, 5) is 0. The van der Waals surface area contributed by atoms with Crippen molar-refractivity contribution in [3.05, 3.63) is 22.7 Å². The van der Waals surface area contributed by atoms with Gasteiger partial charge >= 0.3 is 0 Å². The van der Waals surface area contributed by atoms with E-state index < -0.39 is 0 Å². The molecule has 1 aromatic carbocycles. The van der Waals surface area contributed by atoms with E-state index in [0.29, 0.717) is 6.04 Å². The van der Waals surface area contributed by atoms with Crippen LogP contribution in [0.2, 0.25) is 0 Å². The van der Waals surface area contributed by atoms with E-state index in [2.05, 4.69) is 40.1 Å². The van der Waals surface area contributed by atoms with Crippen LogP contribution in [0.1, 0.15) is 19.9 Å². The molecule has 0 saturated carbocycles. The van der Waals surface area contributed by atoms with Gasteiger partial charge < -0.3 is 0 Å². The molecule has 0 saturated heterocycles. The highest BCUT2D eigenvalue weighted by Crippen LogP contribution is 2.22. The number of halogens is 1. The molecule has 0 aliphatic rings. The quantitative estimate of drug-likeness (QED) is 0.767. The molecule has 0 atom stereocenters. The van der Waals surface area contributed by atoms with Crippen molar-refractivity contribution in [2.75, 3.05) is 0 Å². The van der Waals surface area contributed by atoms with E-state index in [1.54, 1.807) is 0 Å². The first kappa shape index (κ1) is 8.69. The minimum atomic E-state index is 0.347. The molecule has 0 radical (unpaired) electrons. The van der Waals surface area contributed by atoms with Crippen LogP contribution in [0.4, 0.5) is 0 Å². The van der Waals surface area contributed by atoms with Gasteiger partial charge in [-0.25, -0.2) is 4.68 Å². The zero-order chi connectivity index (χ0) is 9.42. The molecular weight excluding hydrogens is 230 g/mol. The van der Waals surface area contributed by atoms with Crippen LogP contribution in [0, 0.1) is 0 Å². The highest BCUT2D eigenvalue weighted by Gasteiger charge is 2.08. The van der Waals surface area contributed by atoms with Gasteiger partial charge in [-0.2, -0.15) is 0 Å². The van der Waals surface area contributed by atoms with Crippen LogP contribution < -0.4 is 0 Å². The number of nitrogens with zero attached hydrogens (tertiary/aromatic N) is 3. The van der Waals surface area contributed by atoms with E-state index in [0.717, 1.165) is 15.5 Å². The number of rotatable bonds is 1. The summed E-state index contributed by atoms with van der Waals surface area (Å²) >= 11 is 3.44. The zero-order valence-electron chi connectivity index (χ0n) is 7.53. The average molecular weight is 240 g/mol. The Morgan fingerprint density at radius 1 is 1.38 bits per heavy atom. The summed E-state index contributed by atoms with van der Waals surface area (Å²) in [5.41, 5.74) is 2.00. The second kappa shape index (κ2) is 3.10. The number of aromatic nitrogens is 3. The number of hydrogen-bond donors (Lipinski definition) is 0. The van der Waals surface area contributed by atoms with Gasteiger partial charge in [-0.15, -0.1) is 5.10 Å². The van der Waals surface area contributed by atoms with E-state index in [1.807, 2.05) is 22.9 Å². The van der Waals surface area contributed by atoms with Gasteiger partial charge in [0.1, 0.15) is 5.52 Å². The van der Waals surface area contributed by atoms with Crippen molar-refractivity contribution in [2.45, 2.75) is 19.9 Å². The van der Waals surface area contributed by atoms with Crippen molar-refractivity contribution in [1.82, 2.24) is 15.0 Å². The molecule has 0 aliphatic carbocycles. The van der Waals surface area contributed by atoms with Gasteiger partial charge in [0.05, 0.1) is 5.52 Å². The molecule has 4 heteroatoms. The molecule has 0 bridgehead atoms. The topological polar surface area (TPSA) is 30.7 Å². The smallest absolute Gasteiger partial charge is 0.127 e. The van der Waals surface area contributed by atoms with Gasteiger partial charge in [-0.1, -0.05) is 11.3 Å². The van der Waals surface area contributed by atoms with E-state index in [1.165, 1.54) is 0 Å². The maximum Gasteiger partial charge on any atom is 0.127 e.